The minimum atomic E-state index is -0.275. The van der Waals surface area contributed by atoms with Crippen molar-refractivity contribution >= 4 is 44.6 Å². The molecule has 0 unspecified atom stereocenters. The molecular formula is C74H62N7Pt-3. The second-order valence-electron chi connectivity index (χ2n) is 23.6. The van der Waals surface area contributed by atoms with Crippen LogP contribution in [0.4, 0.5) is 22.7 Å². The van der Waals surface area contributed by atoms with Crippen molar-refractivity contribution in [3.05, 3.63) is 266 Å². The van der Waals surface area contributed by atoms with Crippen LogP contribution in [0.3, 0.4) is 0 Å². The molecule has 0 aliphatic carbocycles. The van der Waals surface area contributed by atoms with Gasteiger partial charge < -0.3 is 19.4 Å². The summed E-state index contributed by atoms with van der Waals surface area (Å²) in [6.07, 6.45) is 1.93. The van der Waals surface area contributed by atoms with Crippen molar-refractivity contribution in [2.75, 3.05) is 9.80 Å². The molecule has 8 heteroatoms. The van der Waals surface area contributed by atoms with Crippen molar-refractivity contribution < 1.29 is 21.1 Å². The molecule has 1 aliphatic heterocycles. The van der Waals surface area contributed by atoms with E-state index in [-0.39, 0.29) is 37.3 Å². The topological polar surface area (TPSA) is 63.0 Å². The molecule has 0 saturated carbocycles. The average molecular weight is 1240 g/mol. The van der Waals surface area contributed by atoms with Gasteiger partial charge >= 0.3 is 0 Å². The van der Waals surface area contributed by atoms with Gasteiger partial charge in [-0.1, -0.05) is 224 Å². The Labute approximate surface area is 496 Å². The molecule has 12 aromatic rings. The Kier molecular flexibility index (Phi) is 14.0. The SMILES string of the molecule is CC(C)(C)c1cccc(C(C)(C)C)c1-c1nc(-c2[c-]c(N3[CH-]N(c4c(-c5ccccc5)cccc4-c4ccccc4)c4ccccc43)ccc2)nc(-c2[c-]c3c(cc2)c2ccccc2n3-c2cc(C(C)(C)c3ccccc3)ccn2)n1.[Pt]. The van der Waals surface area contributed by atoms with E-state index in [4.69, 9.17) is 19.9 Å². The van der Waals surface area contributed by atoms with E-state index in [2.05, 4.69) is 307 Å². The molecule has 1 aliphatic rings. The fourth-order valence-corrected chi connectivity index (χ4v) is 11.7. The molecule has 0 amide bonds. The average Bonchev–Trinajstić information content (AvgIpc) is 3.43. The molecule has 4 heterocycles. The van der Waals surface area contributed by atoms with Crippen LogP contribution in [0.15, 0.2) is 225 Å². The van der Waals surface area contributed by atoms with Crippen LogP contribution in [0.2, 0.25) is 0 Å². The van der Waals surface area contributed by atoms with Gasteiger partial charge in [-0.3, -0.25) is 9.97 Å². The van der Waals surface area contributed by atoms with Crippen molar-refractivity contribution in [3.63, 3.8) is 0 Å². The molecule has 406 valence electrons. The third kappa shape index (κ3) is 9.71. The number of benzene rings is 9. The maximum Gasteiger partial charge on any atom is 0.144 e. The number of hydrogen-bond acceptors (Lipinski definition) is 6. The van der Waals surface area contributed by atoms with Crippen molar-refractivity contribution in [1.82, 2.24) is 24.5 Å². The van der Waals surface area contributed by atoms with E-state index in [1.54, 1.807) is 0 Å². The fraction of sp³-hybridized carbons (Fsp3) is 0.149. The smallest absolute Gasteiger partial charge is 0.144 e. The molecule has 0 spiro atoms. The van der Waals surface area contributed by atoms with Gasteiger partial charge in [0.05, 0.1) is 11.6 Å². The van der Waals surface area contributed by atoms with Crippen LogP contribution in [0.25, 0.3) is 84.0 Å². The minimum Gasteiger partial charge on any atom is -0.488 e. The normalized spacial score (nSPS) is 12.7. The summed E-state index contributed by atoms with van der Waals surface area (Å²) in [5, 5.41) is 2.17. The van der Waals surface area contributed by atoms with E-state index in [0.717, 1.165) is 106 Å². The van der Waals surface area contributed by atoms with Gasteiger partial charge in [0.2, 0.25) is 0 Å². The zero-order valence-corrected chi connectivity index (χ0v) is 49.7. The maximum absolute atomic E-state index is 5.51. The Bertz CT molecular complexity index is 4240. The largest absolute Gasteiger partial charge is 0.488 e. The van der Waals surface area contributed by atoms with Gasteiger partial charge in [-0.25, -0.2) is 4.98 Å². The van der Waals surface area contributed by atoms with Gasteiger partial charge in [0.15, 0.2) is 0 Å². The van der Waals surface area contributed by atoms with Crippen LogP contribution in [0.1, 0.15) is 77.6 Å². The Morgan fingerprint density at radius 2 is 0.976 bits per heavy atom. The second kappa shape index (κ2) is 21.3. The van der Waals surface area contributed by atoms with E-state index < -0.39 is 0 Å². The molecular weight excluding hydrogens is 1180 g/mol. The Balaban J connectivity index is 0.00000665. The Hall–Kier alpha value is -8.77. The van der Waals surface area contributed by atoms with Crippen LogP contribution in [0.5, 0.6) is 0 Å². The van der Waals surface area contributed by atoms with Crippen LogP contribution >= 0.6 is 0 Å². The molecule has 7 nitrogen and oxygen atoms in total. The summed E-state index contributed by atoms with van der Waals surface area (Å²) in [4.78, 5) is 26.1. The fourth-order valence-electron chi connectivity index (χ4n) is 11.7. The predicted octanol–water partition coefficient (Wildman–Crippen LogP) is 18.6. The van der Waals surface area contributed by atoms with Gasteiger partial charge in [-0.15, -0.1) is 60.3 Å². The van der Waals surface area contributed by atoms with Crippen LogP contribution in [0, 0.1) is 18.8 Å². The monoisotopic (exact) mass is 1240 g/mol. The third-order valence-electron chi connectivity index (χ3n) is 15.9. The first-order valence-electron chi connectivity index (χ1n) is 27.9. The van der Waals surface area contributed by atoms with Gasteiger partial charge in [-0.05, 0) is 85.4 Å². The molecule has 9 aromatic carbocycles. The van der Waals surface area contributed by atoms with Gasteiger partial charge in [-0.2, -0.15) is 0 Å². The number of pyridine rings is 1. The molecule has 0 radical (unpaired) electrons. The third-order valence-corrected chi connectivity index (χ3v) is 15.9. The number of aromatic nitrogens is 5. The first kappa shape index (κ1) is 53.8. The summed E-state index contributed by atoms with van der Waals surface area (Å²) >= 11 is 0. The van der Waals surface area contributed by atoms with E-state index in [0.29, 0.717) is 17.5 Å². The van der Waals surface area contributed by atoms with Crippen molar-refractivity contribution in [2.45, 2.75) is 71.6 Å². The maximum atomic E-state index is 5.51. The summed E-state index contributed by atoms with van der Waals surface area (Å²) in [5.41, 5.74) is 16.9. The number of fused-ring (bicyclic) bond motifs is 4. The van der Waals surface area contributed by atoms with Gasteiger partial charge in [0.25, 0.3) is 0 Å². The van der Waals surface area contributed by atoms with Crippen molar-refractivity contribution in [1.29, 1.82) is 0 Å². The molecule has 0 bridgehead atoms. The Morgan fingerprint density at radius 3 is 1.61 bits per heavy atom. The molecule has 0 saturated heterocycles. The second-order valence-corrected chi connectivity index (χ2v) is 23.6. The quantitative estimate of drug-likeness (QED) is 0.127. The number of nitrogens with zero attached hydrogens (tertiary/aromatic N) is 7. The number of hydrogen-bond donors (Lipinski definition) is 0. The number of anilines is 4. The van der Waals surface area contributed by atoms with E-state index in [1.807, 2.05) is 6.20 Å². The summed E-state index contributed by atoms with van der Waals surface area (Å²) < 4.78 is 2.24. The minimum absolute atomic E-state index is 0. The van der Waals surface area contributed by atoms with Gasteiger partial charge in [0, 0.05) is 71.9 Å². The standard InChI is InChI=1S/C74H62N7.Pt/c1-72(2,3)60-36-24-37-61(73(4,5)6)67(60)71-77-69(76-70(78-71)52-41-42-59-58-33-18-19-38-62(58)81(65(59)46-52)66-47-54(43-44-75-66)74(7,8)53-30-16-11-17-31-53)51-29-22-32-55(45-51)79-48-80(64-40-21-20-39-63(64)79)68-56(49-25-12-9-13-26-49)34-23-35-57(68)50-27-14-10-15-28-50;/h9-44,47-48H,1-8H3;/q-3;. The first-order chi connectivity index (χ1) is 39.2. The zero-order valence-electron chi connectivity index (χ0n) is 47.4. The Morgan fingerprint density at radius 1 is 0.439 bits per heavy atom. The summed E-state index contributed by atoms with van der Waals surface area (Å²) in [6, 6.07) is 85.0. The van der Waals surface area contributed by atoms with Crippen LogP contribution in [-0.4, -0.2) is 24.5 Å². The summed E-state index contributed by atoms with van der Waals surface area (Å²) in [6.45, 7) is 20.3. The van der Waals surface area contributed by atoms with Crippen LogP contribution < -0.4 is 9.80 Å². The number of rotatable bonds is 10. The van der Waals surface area contributed by atoms with E-state index in [9.17, 15) is 0 Å². The molecule has 13 rings (SSSR count). The van der Waals surface area contributed by atoms with Gasteiger partial charge in [0.1, 0.15) is 11.6 Å². The molecule has 3 aromatic heterocycles. The molecule has 0 fully saturated rings. The van der Waals surface area contributed by atoms with E-state index >= 15 is 0 Å². The van der Waals surface area contributed by atoms with Crippen molar-refractivity contribution in [2.24, 2.45) is 0 Å². The molecule has 82 heavy (non-hydrogen) atoms. The first-order valence-corrected chi connectivity index (χ1v) is 27.9. The summed E-state index contributed by atoms with van der Waals surface area (Å²) in [7, 11) is 0. The zero-order chi connectivity index (χ0) is 55.6. The van der Waals surface area contributed by atoms with E-state index in [1.165, 1.54) is 5.56 Å². The predicted molar refractivity (Wildman–Crippen MR) is 334 cm³/mol. The summed E-state index contributed by atoms with van der Waals surface area (Å²) in [5.74, 6) is 2.44. The molecule has 0 atom stereocenters. The molecule has 0 N–H and O–H groups in total. The van der Waals surface area contributed by atoms with Crippen LogP contribution in [-0.2, 0) is 37.3 Å². The van der Waals surface area contributed by atoms with Crippen molar-refractivity contribution in [3.8, 4) is 62.2 Å². The number of para-hydroxylation sites is 4.